The van der Waals surface area contributed by atoms with Crippen LogP contribution in [0.1, 0.15) is 12.0 Å². The van der Waals surface area contributed by atoms with E-state index in [0.29, 0.717) is 0 Å². The first-order valence-corrected chi connectivity index (χ1v) is 9.88. The summed E-state index contributed by atoms with van der Waals surface area (Å²) in [5.41, 5.74) is 1.77. The normalized spacial score (nSPS) is 16.3. The number of nitrogens with zero attached hydrogens (tertiary/aromatic N) is 1. The van der Waals surface area contributed by atoms with Gasteiger partial charge in [0.05, 0.1) is 10.6 Å². The zero-order valence-electron chi connectivity index (χ0n) is 11.5. The Hall–Kier alpha value is -1.31. The lowest BCUT2D eigenvalue weighted by Gasteiger charge is -2.17. The van der Waals surface area contributed by atoms with Crippen molar-refractivity contribution in [3.05, 3.63) is 58.6 Å². The Morgan fingerprint density at radius 2 is 1.82 bits per heavy atom. The lowest BCUT2D eigenvalue weighted by molar-refractivity contribution is 0.584. The maximum Gasteiger partial charge on any atom is 0.276 e. The standard InChI is InChI=1S/C15H13BrN2O2S2/c16-11-5-7-12(8-6-11)22(19,20)18-17-14-9-10-21-15-4-2-1-3-13(14)15/h1-8,18H,9-10H2. The van der Waals surface area contributed by atoms with Crippen molar-refractivity contribution in [2.24, 2.45) is 5.10 Å². The predicted octanol–water partition coefficient (Wildman–Crippen LogP) is 3.63. The monoisotopic (exact) mass is 396 g/mol. The van der Waals surface area contributed by atoms with Crippen LogP contribution in [0.4, 0.5) is 0 Å². The molecule has 2 aromatic carbocycles. The second-order valence-corrected chi connectivity index (χ2v) is 8.42. The number of thioether (sulfide) groups is 1. The number of hydrogen-bond donors (Lipinski definition) is 1. The molecule has 0 saturated heterocycles. The van der Waals surface area contributed by atoms with Gasteiger partial charge < -0.3 is 0 Å². The Labute approximate surface area is 142 Å². The van der Waals surface area contributed by atoms with Crippen molar-refractivity contribution in [2.75, 3.05) is 5.75 Å². The molecule has 0 amide bonds. The number of rotatable bonds is 3. The van der Waals surface area contributed by atoms with Gasteiger partial charge in [-0.25, -0.2) is 0 Å². The van der Waals surface area contributed by atoms with Gasteiger partial charge in [0.15, 0.2) is 0 Å². The summed E-state index contributed by atoms with van der Waals surface area (Å²) in [6.45, 7) is 0. The van der Waals surface area contributed by atoms with Crippen LogP contribution in [0.2, 0.25) is 0 Å². The predicted molar refractivity (Wildman–Crippen MR) is 92.8 cm³/mol. The minimum absolute atomic E-state index is 0.193. The first-order chi connectivity index (χ1) is 10.6. The molecule has 3 rings (SSSR count). The Balaban J connectivity index is 1.87. The Kier molecular flexibility index (Phi) is 4.56. The number of hydrazone groups is 1. The third kappa shape index (κ3) is 3.37. The average molecular weight is 397 g/mol. The summed E-state index contributed by atoms with van der Waals surface area (Å²) >= 11 is 5.05. The molecule has 0 aromatic heterocycles. The number of sulfonamides is 1. The lowest BCUT2D eigenvalue weighted by atomic mass is 10.1. The van der Waals surface area contributed by atoms with Crippen molar-refractivity contribution >= 4 is 43.4 Å². The van der Waals surface area contributed by atoms with Crippen LogP contribution < -0.4 is 4.83 Å². The molecular weight excluding hydrogens is 384 g/mol. The first kappa shape index (κ1) is 15.6. The van der Waals surface area contributed by atoms with Gasteiger partial charge in [-0.2, -0.15) is 18.4 Å². The van der Waals surface area contributed by atoms with Gasteiger partial charge in [-0.3, -0.25) is 0 Å². The van der Waals surface area contributed by atoms with Crippen LogP contribution in [0.5, 0.6) is 0 Å². The Bertz CT molecular complexity index is 818. The highest BCUT2D eigenvalue weighted by Gasteiger charge is 2.17. The molecule has 0 unspecified atom stereocenters. The maximum absolute atomic E-state index is 12.3. The van der Waals surface area contributed by atoms with E-state index in [0.717, 1.165) is 32.8 Å². The molecule has 22 heavy (non-hydrogen) atoms. The largest absolute Gasteiger partial charge is 0.276 e. The lowest BCUT2D eigenvalue weighted by Crippen LogP contribution is -2.22. The van der Waals surface area contributed by atoms with Gasteiger partial charge in [-0.15, -0.1) is 11.8 Å². The van der Waals surface area contributed by atoms with E-state index in [2.05, 4.69) is 25.9 Å². The smallest absolute Gasteiger partial charge is 0.200 e. The fourth-order valence-electron chi connectivity index (χ4n) is 2.12. The maximum atomic E-state index is 12.3. The summed E-state index contributed by atoms with van der Waals surface area (Å²) in [5.74, 6) is 0.899. The quantitative estimate of drug-likeness (QED) is 0.805. The molecule has 1 aliphatic rings. The highest BCUT2D eigenvalue weighted by molar-refractivity contribution is 9.10. The molecule has 0 fully saturated rings. The molecule has 0 bridgehead atoms. The molecule has 2 aromatic rings. The molecular formula is C15H13BrN2O2S2. The molecule has 0 atom stereocenters. The van der Waals surface area contributed by atoms with E-state index in [1.54, 1.807) is 23.9 Å². The van der Waals surface area contributed by atoms with Gasteiger partial charge in [0.25, 0.3) is 10.0 Å². The highest BCUT2D eigenvalue weighted by atomic mass is 79.9. The fraction of sp³-hybridized carbons (Fsp3) is 0.133. The van der Waals surface area contributed by atoms with Crippen molar-refractivity contribution < 1.29 is 8.42 Å². The van der Waals surface area contributed by atoms with E-state index in [1.807, 2.05) is 24.3 Å². The van der Waals surface area contributed by atoms with Gasteiger partial charge in [0.1, 0.15) is 0 Å². The number of nitrogens with one attached hydrogen (secondary N) is 1. The molecule has 7 heteroatoms. The summed E-state index contributed by atoms with van der Waals surface area (Å²) in [5, 5.41) is 4.15. The van der Waals surface area contributed by atoms with Crippen LogP contribution in [0.15, 0.2) is 67.9 Å². The minimum Gasteiger partial charge on any atom is -0.200 e. The van der Waals surface area contributed by atoms with Crippen LogP contribution in [0.25, 0.3) is 0 Å². The number of hydrogen-bond acceptors (Lipinski definition) is 4. The topological polar surface area (TPSA) is 58.5 Å². The number of halogens is 1. The van der Waals surface area contributed by atoms with Crippen LogP contribution in [-0.4, -0.2) is 19.9 Å². The first-order valence-electron chi connectivity index (χ1n) is 6.62. The van der Waals surface area contributed by atoms with Gasteiger partial charge in [0, 0.05) is 27.1 Å². The zero-order valence-corrected chi connectivity index (χ0v) is 14.7. The Morgan fingerprint density at radius 3 is 2.59 bits per heavy atom. The third-order valence-electron chi connectivity index (χ3n) is 3.22. The van der Waals surface area contributed by atoms with Crippen LogP contribution >= 0.6 is 27.7 Å². The molecule has 1 heterocycles. The van der Waals surface area contributed by atoms with E-state index < -0.39 is 10.0 Å². The summed E-state index contributed by atoms with van der Waals surface area (Å²) in [6, 6.07) is 14.4. The fourth-order valence-corrected chi connectivity index (χ4v) is 4.25. The molecule has 0 radical (unpaired) electrons. The summed E-state index contributed by atoms with van der Waals surface area (Å²) in [4.78, 5) is 3.67. The SMILES string of the molecule is O=S(=O)(NN=C1CCSc2ccccc21)c1ccc(Br)cc1. The third-order valence-corrected chi connectivity index (χ3v) is 6.05. The van der Waals surface area contributed by atoms with Gasteiger partial charge in [-0.05, 0) is 30.3 Å². The Morgan fingerprint density at radius 1 is 1.09 bits per heavy atom. The summed E-state index contributed by atoms with van der Waals surface area (Å²) in [7, 11) is -3.64. The van der Waals surface area contributed by atoms with Crippen molar-refractivity contribution in [3.63, 3.8) is 0 Å². The van der Waals surface area contributed by atoms with Crippen LogP contribution in [0.3, 0.4) is 0 Å². The molecule has 0 saturated carbocycles. The highest BCUT2D eigenvalue weighted by Crippen LogP contribution is 2.29. The van der Waals surface area contributed by atoms with Crippen molar-refractivity contribution in [3.8, 4) is 0 Å². The molecule has 0 aliphatic carbocycles. The summed E-state index contributed by atoms with van der Waals surface area (Å²) in [6.07, 6.45) is 0.741. The van der Waals surface area contributed by atoms with Gasteiger partial charge in [-0.1, -0.05) is 34.1 Å². The van der Waals surface area contributed by atoms with Gasteiger partial charge in [0.2, 0.25) is 0 Å². The number of fused-ring (bicyclic) bond motifs is 1. The second-order valence-electron chi connectivity index (χ2n) is 4.70. The molecule has 4 nitrogen and oxygen atoms in total. The average Bonchev–Trinajstić information content (AvgIpc) is 2.53. The number of benzene rings is 2. The minimum atomic E-state index is -3.64. The summed E-state index contributed by atoms with van der Waals surface area (Å²) < 4.78 is 25.3. The van der Waals surface area contributed by atoms with Crippen molar-refractivity contribution in [1.29, 1.82) is 0 Å². The van der Waals surface area contributed by atoms with E-state index >= 15 is 0 Å². The molecule has 114 valence electrons. The van der Waals surface area contributed by atoms with Crippen LogP contribution in [0, 0.1) is 0 Å². The second kappa shape index (κ2) is 6.44. The van der Waals surface area contributed by atoms with Crippen molar-refractivity contribution in [1.82, 2.24) is 4.83 Å². The van der Waals surface area contributed by atoms with Crippen LogP contribution in [-0.2, 0) is 10.0 Å². The molecule has 1 aliphatic heterocycles. The van der Waals surface area contributed by atoms with Gasteiger partial charge >= 0.3 is 0 Å². The molecule has 1 N–H and O–H groups in total. The zero-order chi connectivity index (χ0) is 15.6. The molecule has 0 spiro atoms. The van der Waals surface area contributed by atoms with Crippen molar-refractivity contribution in [2.45, 2.75) is 16.2 Å². The van der Waals surface area contributed by atoms with E-state index in [-0.39, 0.29) is 4.90 Å². The van der Waals surface area contributed by atoms with E-state index in [1.165, 1.54) is 12.1 Å². The van der Waals surface area contributed by atoms with E-state index in [4.69, 9.17) is 0 Å². The van der Waals surface area contributed by atoms with E-state index in [9.17, 15) is 8.42 Å².